The minimum absolute atomic E-state index is 0.0483. The van der Waals surface area contributed by atoms with E-state index in [0.29, 0.717) is 22.5 Å². The molecular formula is C15H16N6O5-2. The first kappa shape index (κ1) is 18.8. The van der Waals surface area contributed by atoms with Crippen molar-refractivity contribution in [1.82, 2.24) is 10.9 Å². The van der Waals surface area contributed by atoms with E-state index in [1.54, 1.807) is 13.8 Å². The topological polar surface area (TPSA) is 158 Å². The van der Waals surface area contributed by atoms with Crippen molar-refractivity contribution in [2.45, 2.75) is 13.8 Å². The van der Waals surface area contributed by atoms with Crippen LogP contribution in [0.3, 0.4) is 0 Å². The van der Waals surface area contributed by atoms with E-state index in [1.165, 1.54) is 36.4 Å². The quantitative estimate of drug-likeness (QED) is 0.452. The van der Waals surface area contributed by atoms with Crippen molar-refractivity contribution in [2.75, 3.05) is 16.1 Å². The molecule has 0 spiro atoms. The van der Waals surface area contributed by atoms with Gasteiger partial charge >= 0.3 is 6.03 Å². The van der Waals surface area contributed by atoms with Crippen molar-refractivity contribution in [3.8, 4) is 0 Å². The van der Waals surface area contributed by atoms with Gasteiger partial charge in [0.05, 0.1) is 16.3 Å². The molecule has 0 aromatic heterocycles. The smallest absolute Gasteiger partial charge is 0.352 e. The molecular weight excluding hydrogens is 344 g/mol. The lowest BCUT2D eigenvalue weighted by atomic mass is 10.2. The monoisotopic (exact) mass is 360 g/mol. The number of nitro groups is 1. The van der Waals surface area contributed by atoms with E-state index in [1.807, 2.05) is 0 Å². The third-order valence-electron chi connectivity index (χ3n) is 3.46. The van der Waals surface area contributed by atoms with Gasteiger partial charge in [0, 0.05) is 17.8 Å². The third kappa shape index (κ3) is 4.72. The summed E-state index contributed by atoms with van der Waals surface area (Å²) in [6.45, 7) is 3.32. The molecule has 4 N–H and O–H groups in total. The van der Waals surface area contributed by atoms with E-state index >= 15 is 0 Å². The second-order valence-corrected chi connectivity index (χ2v) is 5.34. The molecule has 0 aliphatic heterocycles. The van der Waals surface area contributed by atoms with Crippen molar-refractivity contribution in [3.63, 3.8) is 0 Å². The molecule has 11 heteroatoms. The number of hydrazine groups is 2. The van der Waals surface area contributed by atoms with Crippen molar-refractivity contribution >= 4 is 28.8 Å². The van der Waals surface area contributed by atoms with Gasteiger partial charge in [0.25, 0.3) is 5.69 Å². The van der Waals surface area contributed by atoms with E-state index in [0.717, 1.165) is 0 Å². The molecule has 0 fully saturated rings. The molecule has 0 heterocycles. The van der Waals surface area contributed by atoms with Gasteiger partial charge in [-0.25, -0.2) is 4.79 Å². The minimum atomic E-state index is -0.625. The Labute approximate surface area is 148 Å². The summed E-state index contributed by atoms with van der Waals surface area (Å²) in [5.41, 5.74) is 12.1. The lowest BCUT2D eigenvalue weighted by Crippen LogP contribution is -2.42. The standard InChI is InChI=1S/C15H16N6O5/c1-9-7-11(20(23)24)3-5-13(9)16-18-15(22)19-17-14-6-4-12(21(25)26)8-10(14)2/h3-8,16-17H,1-2H3,(H2,18,19,22)/q-2. The van der Waals surface area contributed by atoms with Crippen molar-refractivity contribution < 1.29 is 9.72 Å². The normalized spacial score (nSPS) is 10.0. The van der Waals surface area contributed by atoms with E-state index in [-0.39, 0.29) is 11.4 Å². The average molecular weight is 360 g/mol. The largest absolute Gasteiger partial charge is 0.769 e. The van der Waals surface area contributed by atoms with Crippen LogP contribution in [0.15, 0.2) is 36.4 Å². The SMILES string of the molecule is Cc1cc(N([O-])[O-])ccc1NNC(=O)NNc1ccc([N+](=O)[O-])cc1C. The molecule has 26 heavy (non-hydrogen) atoms. The van der Waals surface area contributed by atoms with Crippen molar-refractivity contribution in [1.29, 1.82) is 0 Å². The van der Waals surface area contributed by atoms with Gasteiger partial charge in [0.1, 0.15) is 0 Å². The number of amides is 2. The summed E-state index contributed by atoms with van der Waals surface area (Å²) in [6.07, 6.45) is 0. The zero-order chi connectivity index (χ0) is 19.3. The number of urea groups is 1. The molecule has 0 radical (unpaired) electrons. The Morgan fingerprint density at radius 1 is 0.962 bits per heavy atom. The summed E-state index contributed by atoms with van der Waals surface area (Å²) < 4.78 is 0. The number of hydrogen-bond donors (Lipinski definition) is 4. The molecule has 2 rings (SSSR count). The molecule has 2 amide bonds. The number of benzene rings is 2. The van der Waals surface area contributed by atoms with Gasteiger partial charge in [-0.05, 0) is 49.2 Å². The van der Waals surface area contributed by atoms with E-state index in [2.05, 4.69) is 21.7 Å². The molecule has 0 aliphatic rings. The Morgan fingerprint density at radius 3 is 1.96 bits per heavy atom. The maximum Gasteiger partial charge on any atom is 0.352 e. The van der Waals surface area contributed by atoms with Crippen LogP contribution in [0.1, 0.15) is 11.1 Å². The first-order valence-corrected chi connectivity index (χ1v) is 7.36. The molecule has 11 nitrogen and oxygen atoms in total. The minimum Gasteiger partial charge on any atom is -0.769 e. The van der Waals surface area contributed by atoms with Gasteiger partial charge in [-0.1, -0.05) is 0 Å². The summed E-state index contributed by atoms with van der Waals surface area (Å²) in [6, 6.07) is 7.70. The van der Waals surface area contributed by atoms with Crippen LogP contribution in [0.5, 0.6) is 0 Å². The molecule has 0 bridgehead atoms. The van der Waals surface area contributed by atoms with Crippen molar-refractivity contribution in [3.05, 3.63) is 68.1 Å². The number of anilines is 3. The van der Waals surface area contributed by atoms with Gasteiger partial charge in [0.2, 0.25) is 0 Å². The molecule has 0 aliphatic carbocycles. The van der Waals surface area contributed by atoms with Gasteiger partial charge < -0.3 is 15.6 Å². The molecule has 2 aromatic carbocycles. The lowest BCUT2D eigenvalue weighted by Gasteiger charge is -2.37. The van der Waals surface area contributed by atoms with Crippen LogP contribution in [0, 0.1) is 34.4 Å². The highest BCUT2D eigenvalue weighted by molar-refractivity contribution is 5.77. The zero-order valence-corrected chi connectivity index (χ0v) is 13.9. The summed E-state index contributed by atoms with van der Waals surface area (Å²) in [4.78, 5) is 22.0. The number of carbonyl (C=O) groups excluding carboxylic acids is 1. The third-order valence-corrected chi connectivity index (χ3v) is 3.46. The van der Waals surface area contributed by atoms with Gasteiger partial charge in [-0.15, -0.1) is 0 Å². The van der Waals surface area contributed by atoms with Crippen LogP contribution in [-0.4, -0.2) is 11.0 Å². The molecule has 0 atom stereocenters. The average Bonchev–Trinajstić information content (AvgIpc) is 2.59. The number of hydrogen-bond acceptors (Lipinski definition) is 8. The van der Waals surface area contributed by atoms with Crippen molar-refractivity contribution in [2.24, 2.45) is 0 Å². The second-order valence-electron chi connectivity index (χ2n) is 5.34. The van der Waals surface area contributed by atoms with Crippen LogP contribution >= 0.6 is 0 Å². The van der Waals surface area contributed by atoms with Gasteiger partial charge in [0.15, 0.2) is 0 Å². The highest BCUT2D eigenvalue weighted by Crippen LogP contribution is 2.21. The van der Waals surface area contributed by atoms with E-state index < -0.39 is 16.2 Å². The fraction of sp³-hybridized carbons (Fsp3) is 0.133. The zero-order valence-electron chi connectivity index (χ0n) is 13.9. The lowest BCUT2D eigenvalue weighted by molar-refractivity contribution is -0.384. The second kappa shape index (κ2) is 8.00. The Kier molecular flexibility index (Phi) is 5.78. The Morgan fingerprint density at radius 2 is 1.50 bits per heavy atom. The van der Waals surface area contributed by atoms with Crippen LogP contribution in [0.25, 0.3) is 0 Å². The highest BCUT2D eigenvalue weighted by Gasteiger charge is 2.08. The number of nitro benzene ring substituents is 1. The summed E-state index contributed by atoms with van der Waals surface area (Å²) in [5, 5.41) is 31.6. The number of nitrogens with zero attached hydrogens (tertiary/aromatic N) is 2. The summed E-state index contributed by atoms with van der Waals surface area (Å²) in [7, 11) is 0. The number of rotatable bonds is 6. The van der Waals surface area contributed by atoms with Crippen LogP contribution < -0.4 is 26.9 Å². The fourth-order valence-corrected chi connectivity index (χ4v) is 2.08. The van der Waals surface area contributed by atoms with Gasteiger partial charge in [-0.3, -0.25) is 31.8 Å². The number of carbonyl (C=O) groups is 1. The molecule has 138 valence electrons. The number of non-ortho nitro benzene ring substituents is 1. The first-order chi connectivity index (χ1) is 12.3. The maximum atomic E-state index is 11.8. The van der Waals surface area contributed by atoms with Crippen LogP contribution in [0.4, 0.5) is 27.5 Å². The molecule has 2 aromatic rings. The van der Waals surface area contributed by atoms with Crippen LogP contribution in [0.2, 0.25) is 0 Å². The van der Waals surface area contributed by atoms with Gasteiger partial charge in [-0.2, -0.15) is 0 Å². The predicted octanol–water partition coefficient (Wildman–Crippen LogP) is 2.67. The van der Waals surface area contributed by atoms with Crippen LogP contribution in [-0.2, 0) is 0 Å². The fourth-order valence-electron chi connectivity index (χ4n) is 2.08. The van der Waals surface area contributed by atoms with E-state index in [9.17, 15) is 25.3 Å². The molecule has 0 saturated heterocycles. The number of aryl methyl sites for hydroxylation is 2. The summed E-state index contributed by atoms with van der Waals surface area (Å²) >= 11 is 0. The first-order valence-electron chi connectivity index (χ1n) is 7.36. The molecule has 0 saturated carbocycles. The summed E-state index contributed by atoms with van der Waals surface area (Å²) in [5.74, 6) is 0. The Balaban J connectivity index is 1.89. The highest BCUT2D eigenvalue weighted by atomic mass is 16.8. The number of nitrogens with one attached hydrogen (secondary N) is 4. The maximum absolute atomic E-state index is 11.8. The predicted molar refractivity (Wildman–Crippen MR) is 97.1 cm³/mol. The Hall–Kier alpha value is -3.57. The molecule has 0 unspecified atom stereocenters. The van der Waals surface area contributed by atoms with E-state index in [4.69, 9.17) is 0 Å². The Bertz CT molecular complexity index is 826.